The molecule has 4 saturated heterocycles. The van der Waals surface area contributed by atoms with Gasteiger partial charge in [0, 0.05) is 30.5 Å². The number of hydrogen-bond acceptors (Lipinski definition) is 2. The van der Waals surface area contributed by atoms with Crippen molar-refractivity contribution in [2.45, 2.75) is 50.1 Å². The van der Waals surface area contributed by atoms with E-state index >= 15 is 0 Å². The Hall–Kier alpha value is -1.49. The van der Waals surface area contributed by atoms with Crippen LogP contribution in [0.5, 0.6) is 0 Å². The SMILES string of the molecule is O=C(C1CCC1)N1C[C@H](c2cc(F)cc(F)c2)[C@@H]2[C@H]1C1CCN2CC1. The average molecular weight is 346 g/mol. The number of fused-ring (bicyclic) bond motifs is 2. The highest BCUT2D eigenvalue weighted by Crippen LogP contribution is 2.47. The van der Waals surface area contributed by atoms with E-state index in [2.05, 4.69) is 9.80 Å². The van der Waals surface area contributed by atoms with Gasteiger partial charge in [-0.2, -0.15) is 0 Å². The minimum atomic E-state index is -0.522. The van der Waals surface area contributed by atoms with Gasteiger partial charge in [-0.1, -0.05) is 6.42 Å². The van der Waals surface area contributed by atoms with Gasteiger partial charge in [-0.25, -0.2) is 8.78 Å². The van der Waals surface area contributed by atoms with Gasteiger partial charge < -0.3 is 4.90 Å². The Bertz CT molecular complexity index is 677. The number of rotatable bonds is 2. The first-order chi connectivity index (χ1) is 12.1. The van der Waals surface area contributed by atoms with Crippen LogP contribution in [-0.4, -0.2) is 47.4 Å². The first-order valence-electron chi connectivity index (χ1n) is 9.62. The molecule has 1 aromatic carbocycles. The number of carbonyl (C=O) groups excluding carboxylic acids is 1. The van der Waals surface area contributed by atoms with Crippen LogP contribution in [-0.2, 0) is 4.79 Å². The summed E-state index contributed by atoms with van der Waals surface area (Å²) < 4.78 is 27.6. The van der Waals surface area contributed by atoms with Gasteiger partial charge in [0.1, 0.15) is 11.6 Å². The third-order valence-electron chi connectivity index (χ3n) is 7.04. The summed E-state index contributed by atoms with van der Waals surface area (Å²) in [4.78, 5) is 17.6. The van der Waals surface area contributed by atoms with Crippen LogP contribution in [0.1, 0.15) is 43.6 Å². The Labute approximate surface area is 147 Å². The molecule has 0 spiro atoms. The van der Waals surface area contributed by atoms with Crippen LogP contribution in [0.15, 0.2) is 18.2 Å². The number of carbonyl (C=O) groups is 1. The van der Waals surface area contributed by atoms with Gasteiger partial charge >= 0.3 is 0 Å². The predicted octanol–water partition coefficient (Wildman–Crippen LogP) is 3.15. The Morgan fingerprint density at radius 2 is 1.64 bits per heavy atom. The summed E-state index contributed by atoms with van der Waals surface area (Å²) in [5, 5.41) is 0. The largest absolute Gasteiger partial charge is 0.337 e. The molecule has 1 aromatic rings. The van der Waals surface area contributed by atoms with Gasteiger partial charge in [0.05, 0.1) is 6.04 Å². The van der Waals surface area contributed by atoms with E-state index in [4.69, 9.17) is 0 Å². The smallest absolute Gasteiger partial charge is 0.226 e. The highest BCUT2D eigenvalue weighted by Gasteiger charge is 2.55. The second-order valence-electron chi connectivity index (χ2n) is 8.28. The fourth-order valence-corrected chi connectivity index (χ4v) is 5.65. The Balaban J connectivity index is 1.52. The van der Waals surface area contributed by atoms with E-state index in [1.807, 2.05) is 0 Å². The van der Waals surface area contributed by atoms with Gasteiger partial charge in [0.2, 0.25) is 5.91 Å². The van der Waals surface area contributed by atoms with Gasteiger partial charge in [-0.15, -0.1) is 0 Å². The van der Waals surface area contributed by atoms with Crippen LogP contribution in [0.4, 0.5) is 8.78 Å². The number of nitrogens with zero attached hydrogens (tertiary/aromatic N) is 2. The third kappa shape index (κ3) is 2.42. The summed E-state index contributed by atoms with van der Waals surface area (Å²) in [7, 11) is 0. The lowest BCUT2D eigenvalue weighted by molar-refractivity contribution is -0.143. The second-order valence-corrected chi connectivity index (χ2v) is 8.28. The van der Waals surface area contributed by atoms with E-state index in [0.717, 1.165) is 51.3 Å². The summed E-state index contributed by atoms with van der Waals surface area (Å²) in [6, 6.07) is 4.31. The van der Waals surface area contributed by atoms with Gasteiger partial charge in [0.25, 0.3) is 0 Å². The average Bonchev–Trinajstić information content (AvgIpc) is 2.96. The molecule has 0 aromatic heterocycles. The molecular weight excluding hydrogens is 322 g/mol. The fourth-order valence-electron chi connectivity index (χ4n) is 5.65. The molecule has 3 nitrogen and oxygen atoms in total. The first-order valence-corrected chi connectivity index (χ1v) is 9.62. The predicted molar refractivity (Wildman–Crippen MR) is 90.0 cm³/mol. The van der Waals surface area contributed by atoms with Crippen LogP contribution in [0.25, 0.3) is 0 Å². The van der Waals surface area contributed by atoms with Crippen LogP contribution >= 0.6 is 0 Å². The van der Waals surface area contributed by atoms with Crippen molar-refractivity contribution in [1.82, 2.24) is 9.80 Å². The minimum absolute atomic E-state index is 0.0160. The maximum absolute atomic E-state index is 13.8. The van der Waals surface area contributed by atoms with E-state index in [1.165, 1.54) is 12.1 Å². The van der Waals surface area contributed by atoms with E-state index in [-0.39, 0.29) is 29.8 Å². The second kappa shape index (κ2) is 5.76. The standard InChI is InChI=1S/C20H24F2N2O/c21-15-8-14(9-16(22)10-15)17-11-24(20(25)13-2-1-3-13)18-12-4-6-23(7-5-12)19(17)18/h8-10,12-13,17-19H,1-7,11H2/t17-,18-,19-/m1/s1. The molecule has 1 aliphatic carbocycles. The van der Waals surface area contributed by atoms with Crippen LogP contribution in [0, 0.1) is 23.5 Å². The molecule has 3 atom stereocenters. The Morgan fingerprint density at radius 1 is 0.960 bits per heavy atom. The zero-order valence-corrected chi connectivity index (χ0v) is 14.3. The zero-order chi connectivity index (χ0) is 17.1. The first kappa shape index (κ1) is 15.7. The highest BCUT2D eigenvalue weighted by atomic mass is 19.1. The van der Waals surface area contributed by atoms with Crippen molar-refractivity contribution in [3.63, 3.8) is 0 Å². The Morgan fingerprint density at radius 3 is 2.24 bits per heavy atom. The molecule has 1 saturated carbocycles. The lowest BCUT2D eigenvalue weighted by Crippen LogP contribution is -2.61. The molecule has 5 heteroatoms. The molecule has 6 rings (SSSR count). The van der Waals surface area contributed by atoms with Crippen molar-refractivity contribution >= 4 is 5.91 Å². The van der Waals surface area contributed by atoms with E-state index in [9.17, 15) is 13.6 Å². The minimum Gasteiger partial charge on any atom is -0.337 e. The summed E-state index contributed by atoms with van der Waals surface area (Å²) >= 11 is 0. The number of halogens is 2. The van der Waals surface area contributed by atoms with Gasteiger partial charge in [-0.3, -0.25) is 9.69 Å². The third-order valence-corrected chi connectivity index (χ3v) is 7.04. The van der Waals surface area contributed by atoms with E-state index in [0.29, 0.717) is 18.0 Å². The number of hydrogen-bond donors (Lipinski definition) is 0. The summed E-state index contributed by atoms with van der Waals surface area (Å²) in [6.07, 6.45) is 5.42. The van der Waals surface area contributed by atoms with Crippen LogP contribution in [0.2, 0.25) is 0 Å². The molecule has 134 valence electrons. The molecule has 0 unspecified atom stereocenters. The van der Waals surface area contributed by atoms with Crippen molar-refractivity contribution in [1.29, 1.82) is 0 Å². The molecule has 4 aliphatic heterocycles. The number of likely N-dealkylation sites (tertiary alicyclic amines) is 1. The van der Waals surface area contributed by atoms with Crippen molar-refractivity contribution in [2.24, 2.45) is 11.8 Å². The lowest BCUT2D eigenvalue weighted by atomic mass is 9.75. The quantitative estimate of drug-likeness (QED) is 0.821. The van der Waals surface area contributed by atoms with Crippen molar-refractivity contribution in [3.05, 3.63) is 35.4 Å². The normalized spacial score (nSPS) is 37.0. The van der Waals surface area contributed by atoms with Crippen LogP contribution in [0.3, 0.4) is 0 Å². The van der Waals surface area contributed by atoms with Crippen molar-refractivity contribution < 1.29 is 13.6 Å². The molecule has 4 heterocycles. The summed E-state index contributed by atoms with van der Waals surface area (Å²) in [5.74, 6) is -0.0178. The topological polar surface area (TPSA) is 23.6 Å². The molecule has 0 radical (unpaired) electrons. The number of piperidine rings is 3. The van der Waals surface area contributed by atoms with Crippen molar-refractivity contribution in [3.8, 4) is 0 Å². The molecular formula is C20H24F2N2O. The summed E-state index contributed by atoms with van der Waals surface area (Å²) in [5.41, 5.74) is 0.712. The maximum atomic E-state index is 13.8. The van der Waals surface area contributed by atoms with Gasteiger partial charge in [-0.05, 0) is 62.4 Å². The lowest BCUT2D eigenvalue weighted by Gasteiger charge is -2.51. The molecule has 0 N–H and O–H groups in total. The van der Waals surface area contributed by atoms with E-state index < -0.39 is 11.6 Å². The highest BCUT2D eigenvalue weighted by molar-refractivity contribution is 5.80. The number of amides is 1. The molecule has 5 fully saturated rings. The monoisotopic (exact) mass is 346 g/mol. The van der Waals surface area contributed by atoms with Gasteiger partial charge in [0.15, 0.2) is 0 Å². The maximum Gasteiger partial charge on any atom is 0.226 e. The number of benzene rings is 1. The molecule has 1 amide bonds. The van der Waals surface area contributed by atoms with Crippen LogP contribution < -0.4 is 0 Å². The molecule has 2 bridgehead atoms. The summed E-state index contributed by atoms with van der Waals surface area (Å²) in [6.45, 7) is 2.71. The molecule has 5 aliphatic rings. The molecule has 25 heavy (non-hydrogen) atoms. The zero-order valence-electron chi connectivity index (χ0n) is 14.3. The van der Waals surface area contributed by atoms with E-state index in [1.54, 1.807) is 0 Å². The fraction of sp³-hybridized carbons (Fsp3) is 0.650. The van der Waals surface area contributed by atoms with Crippen molar-refractivity contribution in [2.75, 3.05) is 19.6 Å². The Kier molecular flexibility index (Phi) is 3.63.